The van der Waals surface area contributed by atoms with Gasteiger partial charge in [-0.05, 0) is 48.0 Å². The van der Waals surface area contributed by atoms with Crippen LogP contribution in [0.3, 0.4) is 0 Å². The molecule has 0 spiro atoms. The Morgan fingerprint density at radius 1 is 1.24 bits per heavy atom. The Bertz CT molecular complexity index is 582. The second kappa shape index (κ2) is 5.89. The zero-order valence-electron chi connectivity index (χ0n) is 12.1. The molecule has 2 aliphatic rings. The molecular formula is C16H19BrN2O2. The van der Waals surface area contributed by atoms with Crippen molar-refractivity contribution in [2.75, 3.05) is 18.6 Å². The number of benzene rings is 1. The van der Waals surface area contributed by atoms with Crippen LogP contribution in [0.1, 0.15) is 42.5 Å². The molecule has 0 bridgehead atoms. The summed E-state index contributed by atoms with van der Waals surface area (Å²) in [5, 5.41) is 0. The molecule has 1 aromatic carbocycles. The van der Waals surface area contributed by atoms with Crippen LogP contribution < -0.4 is 4.90 Å². The topological polar surface area (TPSA) is 40.6 Å². The van der Waals surface area contributed by atoms with E-state index in [9.17, 15) is 9.59 Å². The standard InChI is InChI=1S/C16H19BrN2O2/c1-18(11-6-3-2-4-7-11)10-19-13-9-5-8-12(17)14(13)15(20)16(19)21/h5,8-9,11H,2-4,6-7,10H2,1H3. The summed E-state index contributed by atoms with van der Waals surface area (Å²) in [4.78, 5) is 28.2. The summed E-state index contributed by atoms with van der Waals surface area (Å²) in [6, 6.07) is 6.02. The predicted octanol–water partition coefficient (Wildman–Crippen LogP) is 3.20. The van der Waals surface area contributed by atoms with Crippen molar-refractivity contribution < 1.29 is 9.59 Å². The number of rotatable bonds is 3. The number of ketones is 1. The average Bonchev–Trinajstić information content (AvgIpc) is 2.74. The molecule has 1 saturated carbocycles. The molecule has 21 heavy (non-hydrogen) atoms. The molecule has 0 N–H and O–H groups in total. The maximum Gasteiger partial charge on any atom is 0.300 e. The summed E-state index contributed by atoms with van der Waals surface area (Å²) in [7, 11) is 2.05. The van der Waals surface area contributed by atoms with Gasteiger partial charge < -0.3 is 0 Å². The fraction of sp³-hybridized carbons (Fsp3) is 0.500. The summed E-state index contributed by atoms with van der Waals surface area (Å²) < 4.78 is 0.696. The number of anilines is 1. The number of amides is 1. The SMILES string of the molecule is CN(CN1C(=O)C(=O)c2c(Br)cccc21)C1CCCCC1. The van der Waals surface area contributed by atoms with Gasteiger partial charge in [0, 0.05) is 10.5 Å². The highest BCUT2D eigenvalue weighted by Crippen LogP contribution is 2.34. The molecule has 1 heterocycles. The van der Waals surface area contributed by atoms with Gasteiger partial charge in [0.1, 0.15) is 0 Å². The molecule has 1 fully saturated rings. The fourth-order valence-corrected chi connectivity index (χ4v) is 3.84. The van der Waals surface area contributed by atoms with Gasteiger partial charge in [-0.2, -0.15) is 0 Å². The Balaban J connectivity index is 1.81. The van der Waals surface area contributed by atoms with Crippen molar-refractivity contribution >= 4 is 33.3 Å². The van der Waals surface area contributed by atoms with E-state index < -0.39 is 11.7 Å². The molecular weight excluding hydrogens is 332 g/mol. The number of Topliss-reactive ketones (excluding diaryl/α,β-unsaturated/α-hetero) is 1. The molecule has 1 aliphatic carbocycles. The van der Waals surface area contributed by atoms with Crippen LogP contribution in [-0.2, 0) is 4.79 Å². The third kappa shape index (κ3) is 2.64. The van der Waals surface area contributed by atoms with E-state index >= 15 is 0 Å². The largest absolute Gasteiger partial charge is 0.300 e. The van der Waals surface area contributed by atoms with Crippen LogP contribution in [0.5, 0.6) is 0 Å². The molecule has 4 nitrogen and oxygen atoms in total. The zero-order valence-corrected chi connectivity index (χ0v) is 13.7. The Morgan fingerprint density at radius 3 is 2.67 bits per heavy atom. The summed E-state index contributed by atoms with van der Waals surface area (Å²) >= 11 is 3.37. The first-order valence-corrected chi connectivity index (χ1v) is 8.24. The van der Waals surface area contributed by atoms with Crippen molar-refractivity contribution in [3.63, 3.8) is 0 Å². The van der Waals surface area contributed by atoms with Crippen LogP contribution in [-0.4, -0.2) is 36.3 Å². The van der Waals surface area contributed by atoms with Crippen LogP contribution in [0.2, 0.25) is 0 Å². The molecule has 1 amide bonds. The van der Waals surface area contributed by atoms with Gasteiger partial charge in [-0.3, -0.25) is 19.4 Å². The van der Waals surface area contributed by atoms with Crippen LogP contribution in [0.4, 0.5) is 5.69 Å². The Labute approximate surface area is 133 Å². The van der Waals surface area contributed by atoms with Gasteiger partial charge in [0.05, 0.1) is 17.9 Å². The molecule has 1 aliphatic heterocycles. The van der Waals surface area contributed by atoms with Crippen LogP contribution in [0.25, 0.3) is 0 Å². The van der Waals surface area contributed by atoms with Crippen LogP contribution in [0, 0.1) is 0 Å². The second-order valence-electron chi connectivity index (χ2n) is 5.89. The maximum atomic E-state index is 12.3. The van der Waals surface area contributed by atoms with E-state index in [0.717, 1.165) is 5.69 Å². The summed E-state index contributed by atoms with van der Waals surface area (Å²) in [6.45, 7) is 0.485. The minimum atomic E-state index is -0.417. The second-order valence-corrected chi connectivity index (χ2v) is 6.74. The highest BCUT2D eigenvalue weighted by Gasteiger charge is 2.38. The van der Waals surface area contributed by atoms with Gasteiger partial charge in [-0.25, -0.2) is 0 Å². The highest BCUT2D eigenvalue weighted by atomic mass is 79.9. The van der Waals surface area contributed by atoms with Crippen molar-refractivity contribution in [3.8, 4) is 0 Å². The molecule has 0 atom stereocenters. The number of carbonyl (C=O) groups excluding carboxylic acids is 2. The van der Waals surface area contributed by atoms with Crippen molar-refractivity contribution in [2.45, 2.75) is 38.1 Å². The third-order valence-electron chi connectivity index (χ3n) is 4.51. The van der Waals surface area contributed by atoms with Crippen molar-refractivity contribution in [3.05, 3.63) is 28.2 Å². The smallest absolute Gasteiger partial charge is 0.291 e. The van der Waals surface area contributed by atoms with Crippen molar-refractivity contribution in [1.82, 2.24) is 4.90 Å². The molecule has 0 aromatic heterocycles. The van der Waals surface area contributed by atoms with Crippen LogP contribution in [0.15, 0.2) is 22.7 Å². The van der Waals surface area contributed by atoms with Crippen LogP contribution >= 0.6 is 15.9 Å². The Morgan fingerprint density at radius 2 is 1.95 bits per heavy atom. The molecule has 5 heteroatoms. The van der Waals surface area contributed by atoms with E-state index in [2.05, 4.69) is 20.8 Å². The first kappa shape index (κ1) is 14.7. The number of hydrogen-bond acceptors (Lipinski definition) is 3. The summed E-state index contributed by atoms with van der Waals surface area (Å²) in [6.07, 6.45) is 6.17. The number of fused-ring (bicyclic) bond motifs is 1. The van der Waals surface area contributed by atoms with E-state index in [-0.39, 0.29) is 0 Å². The van der Waals surface area contributed by atoms with Gasteiger partial charge in [0.15, 0.2) is 0 Å². The molecule has 112 valence electrons. The lowest BCUT2D eigenvalue weighted by atomic mass is 9.95. The Kier molecular flexibility index (Phi) is 4.13. The van der Waals surface area contributed by atoms with Crippen molar-refractivity contribution in [1.29, 1.82) is 0 Å². The molecule has 0 saturated heterocycles. The molecule has 0 radical (unpaired) electrons. The highest BCUT2D eigenvalue weighted by molar-refractivity contribution is 9.10. The molecule has 0 unspecified atom stereocenters. The van der Waals surface area contributed by atoms with Gasteiger partial charge in [0.25, 0.3) is 5.78 Å². The number of carbonyl (C=O) groups is 2. The van der Waals surface area contributed by atoms with Gasteiger partial charge >= 0.3 is 5.91 Å². The Hall–Kier alpha value is -1.20. The lowest BCUT2D eigenvalue weighted by Gasteiger charge is -2.33. The summed E-state index contributed by atoms with van der Waals surface area (Å²) in [5.41, 5.74) is 1.22. The average molecular weight is 351 g/mol. The monoisotopic (exact) mass is 350 g/mol. The van der Waals surface area contributed by atoms with Gasteiger partial charge in [0.2, 0.25) is 0 Å². The number of nitrogens with zero attached hydrogens (tertiary/aromatic N) is 2. The minimum absolute atomic E-state index is 0.408. The van der Waals surface area contributed by atoms with Gasteiger partial charge in [-0.15, -0.1) is 0 Å². The van der Waals surface area contributed by atoms with E-state index in [1.165, 1.54) is 32.1 Å². The van der Waals surface area contributed by atoms with Crippen molar-refractivity contribution in [2.24, 2.45) is 0 Å². The number of halogens is 1. The minimum Gasteiger partial charge on any atom is -0.291 e. The normalized spacial score (nSPS) is 19.5. The van der Waals surface area contributed by atoms with E-state index in [4.69, 9.17) is 0 Å². The molecule has 1 aromatic rings. The maximum absolute atomic E-state index is 12.3. The van der Waals surface area contributed by atoms with Gasteiger partial charge in [-0.1, -0.05) is 25.3 Å². The first-order valence-electron chi connectivity index (χ1n) is 7.44. The lowest BCUT2D eigenvalue weighted by molar-refractivity contribution is -0.114. The lowest BCUT2D eigenvalue weighted by Crippen LogP contribution is -2.44. The van der Waals surface area contributed by atoms with E-state index in [0.29, 0.717) is 22.7 Å². The first-order chi connectivity index (χ1) is 10.1. The van der Waals surface area contributed by atoms with E-state index in [1.807, 2.05) is 19.2 Å². The number of hydrogen-bond donors (Lipinski definition) is 0. The molecule has 3 rings (SSSR count). The summed E-state index contributed by atoms with van der Waals surface area (Å²) in [5.74, 6) is -0.825. The fourth-order valence-electron chi connectivity index (χ4n) is 3.30. The quantitative estimate of drug-likeness (QED) is 0.786. The van der Waals surface area contributed by atoms with E-state index in [1.54, 1.807) is 11.0 Å². The third-order valence-corrected chi connectivity index (χ3v) is 5.17. The predicted molar refractivity (Wildman–Crippen MR) is 85.5 cm³/mol. The zero-order chi connectivity index (χ0) is 15.0.